The molecule has 2 aromatic carbocycles. The Bertz CT molecular complexity index is 1070. The Morgan fingerprint density at radius 3 is 2.55 bits per heavy atom. The molecule has 0 radical (unpaired) electrons. The molecule has 0 N–H and O–H groups in total. The monoisotopic (exact) mass is 423 g/mol. The molecule has 4 aromatic rings. The van der Waals surface area contributed by atoms with Gasteiger partial charge in [0.25, 0.3) is 0 Å². The van der Waals surface area contributed by atoms with Gasteiger partial charge >= 0.3 is 0 Å². The van der Waals surface area contributed by atoms with Crippen molar-refractivity contribution in [3.8, 4) is 11.4 Å². The first-order valence-corrected chi connectivity index (χ1v) is 11.0. The first-order chi connectivity index (χ1) is 14.3. The molecule has 0 atom stereocenters. The lowest BCUT2D eigenvalue weighted by molar-refractivity contribution is 0.627. The Morgan fingerprint density at radius 1 is 0.966 bits per heavy atom. The number of thioether (sulfide) groups is 1. The van der Waals surface area contributed by atoms with Gasteiger partial charge in [-0.1, -0.05) is 65.8 Å². The quantitative estimate of drug-likeness (QED) is 0.365. The highest BCUT2D eigenvalue weighted by Crippen LogP contribution is 2.30. The fraction of sp³-hybridized carbons (Fsp3) is 0.227. The highest BCUT2D eigenvalue weighted by molar-refractivity contribution is 7.99. The molecule has 2 aromatic heterocycles. The summed E-state index contributed by atoms with van der Waals surface area (Å²) >= 11 is 8.16. The van der Waals surface area contributed by atoms with E-state index < -0.39 is 0 Å². The Kier molecular flexibility index (Phi) is 6.32. The molecule has 5 nitrogen and oxygen atoms in total. The Hall–Kier alpha value is -2.57. The third kappa shape index (κ3) is 4.54. The molecular weight excluding hydrogens is 402 g/mol. The topological polar surface area (TPSA) is 48.5 Å². The molecule has 29 heavy (non-hydrogen) atoms. The zero-order chi connectivity index (χ0) is 20.1. The van der Waals surface area contributed by atoms with Crippen LogP contribution >= 0.6 is 23.4 Å². The lowest BCUT2D eigenvalue weighted by Crippen LogP contribution is -2.06. The molecular formula is C22H22ClN5S. The van der Waals surface area contributed by atoms with Gasteiger partial charge in [-0.15, -0.1) is 10.2 Å². The van der Waals surface area contributed by atoms with Crippen molar-refractivity contribution < 1.29 is 0 Å². The zero-order valence-electron chi connectivity index (χ0n) is 16.2. The van der Waals surface area contributed by atoms with Crippen molar-refractivity contribution >= 4 is 23.4 Å². The second-order valence-corrected chi connectivity index (χ2v) is 8.06. The van der Waals surface area contributed by atoms with Gasteiger partial charge in [-0.2, -0.15) is 5.10 Å². The van der Waals surface area contributed by atoms with Crippen molar-refractivity contribution in [1.82, 2.24) is 24.5 Å². The summed E-state index contributed by atoms with van der Waals surface area (Å²) in [7, 11) is 0. The Balaban J connectivity index is 1.60. The van der Waals surface area contributed by atoms with E-state index in [1.54, 1.807) is 11.8 Å². The van der Waals surface area contributed by atoms with Gasteiger partial charge in [-0.3, -0.25) is 9.25 Å². The molecule has 0 unspecified atom stereocenters. The van der Waals surface area contributed by atoms with Crippen LogP contribution in [-0.2, 0) is 19.5 Å². The number of aromatic nitrogens is 5. The maximum Gasteiger partial charge on any atom is 0.191 e. The Labute approximate surface area is 179 Å². The van der Waals surface area contributed by atoms with Crippen LogP contribution in [0.1, 0.15) is 18.2 Å². The molecule has 0 saturated heterocycles. The molecule has 0 fully saturated rings. The van der Waals surface area contributed by atoms with Gasteiger partial charge in [0.15, 0.2) is 11.0 Å². The van der Waals surface area contributed by atoms with E-state index in [9.17, 15) is 0 Å². The van der Waals surface area contributed by atoms with Gasteiger partial charge in [-0.05, 0) is 37.1 Å². The van der Waals surface area contributed by atoms with E-state index >= 15 is 0 Å². The molecule has 7 heteroatoms. The standard InChI is InChI=1S/C22H22ClN5S/c1-2-28-18(12-14-24-28)13-15-29-22-26-25-21(19-10-6-7-11-20(19)23)27(22)16-17-8-4-3-5-9-17/h3-12,14H,2,13,15-16H2,1H3. The second kappa shape index (κ2) is 9.29. The smallest absolute Gasteiger partial charge is 0.191 e. The van der Waals surface area contributed by atoms with Crippen LogP contribution in [0.2, 0.25) is 5.02 Å². The number of halogens is 1. The van der Waals surface area contributed by atoms with Gasteiger partial charge in [0.2, 0.25) is 0 Å². The van der Waals surface area contributed by atoms with Crippen LogP contribution in [0.25, 0.3) is 11.4 Å². The minimum Gasteiger partial charge on any atom is -0.298 e. The van der Waals surface area contributed by atoms with Crippen molar-refractivity contribution in [1.29, 1.82) is 0 Å². The summed E-state index contributed by atoms with van der Waals surface area (Å²) in [6, 6.07) is 20.2. The van der Waals surface area contributed by atoms with Crippen molar-refractivity contribution in [2.45, 2.75) is 31.6 Å². The van der Waals surface area contributed by atoms with Crippen molar-refractivity contribution in [3.63, 3.8) is 0 Å². The summed E-state index contributed by atoms with van der Waals surface area (Å²) in [6.45, 7) is 3.69. The van der Waals surface area contributed by atoms with Crippen LogP contribution in [0.4, 0.5) is 0 Å². The summed E-state index contributed by atoms with van der Waals surface area (Å²) in [4.78, 5) is 0. The lowest BCUT2D eigenvalue weighted by atomic mass is 10.2. The number of rotatable bonds is 8. The van der Waals surface area contributed by atoms with E-state index in [0.717, 1.165) is 35.3 Å². The summed E-state index contributed by atoms with van der Waals surface area (Å²) in [5, 5.41) is 14.9. The van der Waals surface area contributed by atoms with Gasteiger partial charge in [-0.25, -0.2) is 0 Å². The van der Waals surface area contributed by atoms with E-state index in [0.29, 0.717) is 11.6 Å². The molecule has 0 aliphatic rings. The van der Waals surface area contributed by atoms with E-state index in [4.69, 9.17) is 11.6 Å². The summed E-state index contributed by atoms with van der Waals surface area (Å²) < 4.78 is 4.18. The van der Waals surface area contributed by atoms with Crippen LogP contribution in [0, 0.1) is 0 Å². The maximum absolute atomic E-state index is 6.45. The lowest BCUT2D eigenvalue weighted by Gasteiger charge is -2.11. The largest absolute Gasteiger partial charge is 0.298 e. The molecule has 0 saturated carbocycles. The Morgan fingerprint density at radius 2 is 1.76 bits per heavy atom. The summed E-state index contributed by atoms with van der Waals surface area (Å²) in [5.41, 5.74) is 3.33. The van der Waals surface area contributed by atoms with Gasteiger partial charge < -0.3 is 0 Å². The highest BCUT2D eigenvalue weighted by atomic mass is 35.5. The average Bonchev–Trinajstić information content (AvgIpc) is 3.36. The molecule has 148 valence electrons. The predicted molar refractivity (Wildman–Crippen MR) is 118 cm³/mol. The molecule has 0 aliphatic heterocycles. The van der Waals surface area contributed by atoms with Crippen LogP contribution < -0.4 is 0 Å². The van der Waals surface area contributed by atoms with Gasteiger partial charge in [0.05, 0.1) is 11.6 Å². The number of aryl methyl sites for hydroxylation is 2. The number of benzene rings is 2. The summed E-state index contributed by atoms with van der Waals surface area (Å²) in [6.07, 6.45) is 2.79. The zero-order valence-corrected chi connectivity index (χ0v) is 17.8. The fourth-order valence-electron chi connectivity index (χ4n) is 3.25. The minimum atomic E-state index is 0.678. The second-order valence-electron chi connectivity index (χ2n) is 6.59. The maximum atomic E-state index is 6.45. The first-order valence-electron chi connectivity index (χ1n) is 9.61. The number of hydrogen-bond acceptors (Lipinski definition) is 4. The minimum absolute atomic E-state index is 0.678. The molecule has 0 spiro atoms. The van der Waals surface area contributed by atoms with Gasteiger partial charge in [0.1, 0.15) is 0 Å². The van der Waals surface area contributed by atoms with Crippen LogP contribution in [0.5, 0.6) is 0 Å². The van der Waals surface area contributed by atoms with Gasteiger partial charge in [0, 0.05) is 29.8 Å². The molecule has 0 aliphatic carbocycles. The average molecular weight is 424 g/mol. The third-order valence-corrected chi connectivity index (χ3v) is 6.01. The third-order valence-electron chi connectivity index (χ3n) is 4.71. The van der Waals surface area contributed by atoms with E-state index in [-0.39, 0.29) is 0 Å². The molecule has 0 amide bonds. The molecule has 0 bridgehead atoms. The van der Waals surface area contributed by atoms with Crippen LogP contribution in [-0.4, -0.2) is 30.3 Å². The highest BCUT2D eigenvalue weighted by Gasteiger charge is 2.17. The number of hydrogen-bond donors (Lipinski definition) is 0. The summed E-state index contributed by atoms with van der Waals surface area (Å²) in [5.74, 6) is 1.70. The van der Waals surface area contributed by atoms with E-state index in [2.05, 4.69) is 45.0 Å². The van der Waals surface area contributed by atoms with Crippen molar-refractivity contribution in [3.05, 3.63) is 83.1 Å². The molecule has 4 rings (SSSR count). The number of nitrogens with zero attached hydrogens (tertiary/aromatic N) is 5. The van der Waals surface area contributed by atoms with Crippen molar-refractivity contribution in [2.24, 2.45) is 0 Å². The normalized spacial score (nSPS) is 11.1. The first kappa shape index (κ1) is 19.7. The van der Waals surface area contributed by atoms with Crippen LogP contribution in [0.3, 0.4) is 0 Å². The fourth-order valence-corrected chi connectivity index (χ4v) is 4.37. The van der Waals surface area contributed by atoms with E-state index in [1.807, 2.05) is 53.3 Å². The van der Waals surface area contributed by atoms with Crippen LogP contribution in [0.15, 0.2) is 72.0 Å². The predicted octanol–water partition coefficient (Wildman–Crippen LogP) is 5.20. The SMILES string of the molecule is CCn1nccc1CCSc1nnc(-c2ccccc2Cl)n1Cc1ccccc1. The molecule has 2 heterocycles. The van der Waals surface area contributed by atoms with E-state index in [1.165, 1.54) is 11.3 Å². The van der Waals surface area contributed by atoms with Crippen molar-refractivity contribution in [2.75, 3.05) is 5.75 Å².